The number of nitrogens with zero attached hydrogens (tertiary/aromatic N) is 1. The lowest BCUT2D eigenvalue weighted by Gasteiger charge is -1.88. The van der Waals surface area contributed by atoms with Crippen LogP contribution in [0.2, 0.25) is 0 Å². The zero-order valence-corrected chi connectivity index (χ0v) is 8.65. The van der Waals surface area contributed by atoms with Gasteiger partial charge in [0.25, 0.3) is 0 Å². The predicted molar refractivity (Wildman–Crippen MR) is 57.9 cm³/mol. The largest absolute Gasteiger partial charge is 0.481 e. The molecule has 4 nitrogen and oxygen atoms in total. The highest BCUT2D eigenvalue weighted by Gasteiger charge is 2.01. The van der Waals surface area contributed by atoms with E-state index >= 15 is 0 Å². The second-order valence-electron chi connectivity index (χ2n) is 3.29. The summed E-state index contributed by atoms with van der Waals surface area (Å²) in [4.78, 5) is 14.4. The molecule has 2 aromatic rings. The van der Waals surface area contributed by atoms with Gasteiger partial charge in [0.1, 0.15) is 11.9 Å². The van der Waals surface area contributed by atoms with Crippen molar-refractivity contribution in [2.45, 2.75) is 13.3 Å². The predicted octanol–water partition coefficient (Wildman–Crippen LogP) is 1.96. The maximum atomic E-state index is 10.3. The summed E-state index contributed by atoms with van der Waals surface area (Å²) in [6, 6.07) is 5.34. The lowest BCUT2D eigenvalue weighted by Crippen LogP contribution is -1.90. The number of fused-ring (bicyclic) bond motifs is 1. The van der Waals surface area contributed by atoms with E-state index in [9.17, 15) is 4.79 Å². The Kier molecular flexibility index (Phi) is 2.61. The SMILES string of the molecule is Cc1nc2cc(C#CCC(=O)O)ccc2o1. The fraction of sp³-hybridized carbons (Fsp3) is 0.167. The van der Waals surface area contributed by atoms with E-state index in [-0.39, 0.29) is 6.42 Å². The minimum absolute atomic E-state index is 0.157. The molecule has 80 valence electrons. The number of aromatic nitrogens is 1. The molecule has 0 bridgehead atoms. The summed E-state index contributed by atoms with van der Waals surface area (Å²) < 4.78 is 5.31. The first-order valence-electron chi connectivity index (χ1n) is 4.73. The highest BCUT2D eigenvalue weighted by atomic mass is 16.4. The molecule has 0 spiro atoms. The van der Waals surface area contributed by atoms with Crippen LogP contribution in [0.25, 0.3) is 11.1 Å². The van der Waals surface area contributed by atoms with Gasteiger partial charge in [0, 0.05) is 12.5 Å². The number of aliphatic carboxylic acids is 1. The number of carboxylic acids is 1. The highest BCUT2D eigenvalue weighted by Crippen LogP contribution is 2.16. The molecule has 1 aromatic carbocycles. The molecule has 0 aliphatic heterocycles. The van der Waals surface area contributed by atoms with Crippen LogP contribution in [0.4, 0.5) is 0 Å². The van der Waals surface area contributed by atoms with E-state index in [1.807, 2.05) is 0 Å². The fourth-order valence-electron chi connectivity index (χ4n) is 1.34. The van der Waals surface area contributed by atoms with Crippen LogP contribution in [0.1, 0.15) is 17.9 Å². The Bertz CT molecular complexity index is 601. The van der Waals surface area contributed by atoms with Gasteiger partial charge in [0.15, 0.2) is 11.5 Å². The topological polar surface area (TPSA) is 63.3 Å². The molecular formula is C12H9NO3. The molecule has 0 saturated carbocycles. The molecule has 0 aliphatic carbocycles. The zero-order valence-electron chi connectivity index (χ0n) is 8.65. The van der Waals surface area contributed by atoms with E-state index in [4.69, 9.17) is 9.52 Å². The number of hydrogen-bond donors (Lipinski definition) is 1. The summed E-state index contributed by atoms with van der Waals surface area (Å²) >= 11 is 0. The van der Waals surface area contributed by atoms with Crippen molar-refractivity contribution < 1.29 is 14.3 Å². The van der Waals surface area contributed by atoms with Crippen molar-refractivity contribution in [3.8, 4) is 11.8 Å². The Labute approximate surface area is 91.9 Å². The van der Waals surface area contributed by atoms with Crippen LogP contribution in [0.5, 0.6) is 0 Å². The van der Waals surface area contributed by atoms with Crippen LogP contribution in [-0.2, 0) is 4.79 Å². The van der Waals surface area contributed by atoms with Gasteiger partial charge in [-0.05, 0) is 18.2 Å². The lowest BCUT2D eigenvalue weighted by atomic mass is 10.2. The molecule has 1 heterocycles. The normalized spacial score (nSPS) is 9.81. The molecule has 0 unspecified atom stereocenters. The second kappa shape index (κ2) is 4.07. The van der Waals surface area contributed by atoms with Gasteiger partial charge in [0.2, 0.25) is 0 Å². The van der Waals surface area contributed by atoms with Crippen LogP contribution in [0, 0.1) is 18.8 Å². The summed E-state index contributed by atoms with van der Waals surface area (Å²) in [6.07, 6.45) is -0.157. The molecule has 0 amide bonds. The minimum Gasteiger partial charge on any atom is -0.481 e. The van der Waals surface area contributed by atoms with E-state index in [0.29, 0.717) is 11.5 Å². The summed E-state index contributed by atoms with van der Waals surface area (Å²) in [5.74, 6) is 5.01. The molecule has 2 rings (SSSR count). The van der Waals surface area contributed by atoms with Crippen LogP contribution in [0.3, 0.4) is 0 Å². The first-order valence-corrected chi connectivity index (χ1v) is 4.73. The van der Waals surface area contributed by atoms with Gasteiger partial charge in [-0.15, -0.1) is 0 Å². The number of rotatable bonds is 1. The Morgan fingerprint density at radius 2 is 2.38 bits per heavy atom. The first-order chi connectivity index (χ1) is 7.65. The third-order valence-electron chi connectivity index (χ3n) is 1.97. The molecular weight excluding hydrogens is 206 g/mol. The summed E-state index contributed by atoms with van der Waals surface area (Å²) in [7, 11) is 0. The Morgan fingerprint density at radius 1 is 1.56 bits per heavy atom. The third kappa shape index (κ3) is 2.20. The Morgan fingerprint density at radius 3 is 3.12 bits per heavy atom. The van der Waals surface area contributed by atoms with E-state index in [2.05, 4.69) is 16.8 Å². The number of carbonyl (C=O) groups is 1. The van der Waals surface area contributed by atoms with Crippen molar-refractivity contribution in [3.63, 3.8) is 0 Å². The third-order valence-corrected chi connectivity index (χ3v) is 1.97. The van der Waals surface area contributed by atoms with Gasteiger partial charge in [-0.1, -0.05) is 11.8 Å². The van der Waals surface area contributed by atoms with Gasteiger partial charge in [0.05, 0.1) is 0 Å². The maximum absolute atomic E-state index is 10.3. The number of carboxylic acid groups (broad SMARTS) is 1. The molecule has 0 atom stereocenters. The van der Waals surface area contributed by atoms with Crippen LogP contribution in [0.15, 0.2) is 22.6 Å². The Balaban J connectivity index is 2.30. The van der Waals surface area contributed by atoms with Crippen molar-refractivity contribution >= 4 is 17.1 Å². The molecule has 1 aromatic heterocycles. The molecule has 4 heteroatoms. The average molecular weight is 215 g/mol. The van der Waals surface area contributed by atoms with Crippen LogP contribution in [-0.4, -0.2) is 16.1 Å². The van der Waals surface area contributed by atoms with Crippen molar-refractivity contribution in [3.05, 3.63) is 29.7 Å². The van der Waals surface area contributed by atoms with Gasteiger partial charge in [-0.25, -0.2) is 4.98 Å². The molecule has 0 aliphatic rings. The van der Waals surface area contributed by atoms with Crippen molar-refractivity contribution in [1.29, 1.82) is 0 Å². The lowest BCUT2D eigenvalue weighted by molar-refractivity contribution is -0.135. The van der Waals surface area contributed by atoms with E-state index in [1.165, 1.54) is 0 Å². The van der Waals surface area contributed by atoms with E-state index in [0.717, 1.165) is 11.1 Å². The van der Waals surface area contributed by atoms with Crippen LogP contribution < -0.4 is 0 Å². The number of hydrogen-bond acceptors (Lipinski definition) is 3. The summed E-state index contributed by atoms with van der Waals surface area (Å²) in [6.45, 7) is 1.77. The Hall–Kier alpha value is -2.28. The van der Waals surface area contributed by atoms with Gasteiger partial charge < -0.3 is 9.52 Å². The first kappa shape index (κ1) is 10.2. The minimum atomic E-state index is -0.925. The van der Waals surface area contributed by atoms with Gasteiger partial charge in [-0.3, -0.25) is 4.79 Å². The zero-order chi connectivity index (χ0) is 11.5. The second-order valence-corrected chi connectivity index (χ2v) is 3.29. The van der Waals surface area contributed by atoms with Crippen molar-refractivity contribution in [2.24, 2.45) is 0 Å². The monoisotopic (exact) mass is 215 g/mol. The number of benzene rings is 1. The van der Waals surface area contributed by atoms with E-state index in [1.54, 1.807) is 25.1 Å². The van der Waals surface area contributed by atoms with Crippen molar-refractivity contribution in [2.75, 3.05) is 0 Å². The van der Waals surface area contributed by atoms with Crippen LogP contribution >= 0.6 is 0 Å². The smallest absolute Gasteiger partial charge is 0.315 e. The molecule has 0 radical (unpaired) electrons. The number of oxazole rings is 1. The highest BCUT2D eigenvalue weighted by molar-refractivity contribution is 5.75. The molecule has 1 N–H and O–H groups in total. The average Bonchev–Trinajstić information content (AvgIpc) is 2.56. The molecule has 16 heavy (non-hydrogen) atoms. The molecule has 0 saturated heterocycles. The maximum Gasteiger partial charge on any atom is 0.315 e. The fourth-order valence-corrected chi connectivity index (χ4v) is 1.34. The summed E-state index contributed by atoms with van der Waals surface area (Å²) in [5, 5.41) is 8.44. The van der Waals surface area contributed by atoms with Crippen molar-refractivity contribution in [1.82, 2.24) is 4.98 Å². The molecule has 0 fully saturated rings. The van der Waals surface area contributed by atoms with Gasteiger partial charge in [-0.2, -0.15) is 0 Å². The number of aryl methyl sites for hydroxylation is 1. The van der Waals surface area contributed by atoms with E-state index < -0.39 is 5.97 Å². The quantitative estimate of drug-likeness (QED) is 0.738. The standard InChI is InChI=1S/C12H9NO3/c1-8-13-10-7-9(3-2-4-12(14)15)5-6-11(10)16-8/h5-7H,4H2,1H3,(H,14,15). The van der Waals surface area contributed by atoms with Gasteiger partial charge >= 0.3 is 5.97 Å². The summed E-state index contributed by atoms with van der Waals surface area (Å²) in [5.41, 5.74) is 2.18.